The smallest absolute Gasteiger partial charge is 0.0897 e. The first kappa shape index (κ1) is 10.1. The fourth-order valence-corrected chi connectivity index (χ4v) is 2.39. The van der Waals surface area contributed by atoms with Gasteiger partial charge in [0.25, 0.3) is 0 Å². The van der Waals surface area contributed by atoms with E-state index in [2.05, 4.69) is 17.2 Å². The number of rotatable bonds is 6. The van der Waals surface area contributed by atoms with Gasteiger partial charge in [0, 0.05) is 17.6 Å². The summed E-state index contributed by atoms with van der Waals surface area (Å²) in [6, 6.07) is 0. The van der Waals surface area contributed by atoms with Crippen LogP contribution in [0, 0.1) is 12.8 Å². The van der Waals surface area contributed by atoms with Crippen LogP contribution in [0.15, 0.2) is 6.20 Å². The lowest BCUT2D eigenvalue weighted by Crippen LogP contribution is -2.13. The molecule has 1 N–H and O–H groups in total. The second-order valence-corrected chi connectivity index (χ2v) is 5.43. The number of nitrogens with one attached hydrogen (secondary N) is 1. The Balaban J connectivity index is 1.53. The predicted molar refractivity (Wildman–Crippen MR) is 60.5 cm³/mol. The van der Waals surface area contributed by atoms with Gasteiger partial charge in [0.05, 0.1) is 5.01 Å². The van der Waals surface area contributed by atoms with Crippen molar-refractivity contribution in [3.05, 3.63) is 16.1 Å². The topological polar surface area (TPSA) is 24.9 Å². The van der Waals surface area contributed by atoms with Gasteiger partial charge in [0.2, 0.25) is 0 Å². The molecule has 1 aromatic rings. The Morgan fingerprint density at radius 2 is 2.43 bits per heavy atom. The molecule has 78 valence electrons. The third kappa shape index (κ3) is 3.39. The lowest BCUT2D eigenvalue weighted by Gasteiger charge is -2.01. The standard InChI is InChI=1S/C11H18N2S/c1-9-13-8-11(14-9)7-12-6-2-3-10-4-5-10/h8,10,12H,2-7H2,1H3. The van der Waals surface area contributed by atoms with Crippen LogP contribution >= 0.6 is 11.3 Å². The summed E-state index contributed by atoms with van der Waals surface area (Å²) in [5.74, 6) is 1.07. The first-order chi connectivity index (χ1) is 6.84. The van der Waals surface area contributed by atoms with Crippen LogP contribution in [0.1, 0.15) is 35.6 Å². The zero-order valence-electron chi connectivity index (χ0n) is 8.75. The molecule has 0 radical (unpaired) electrons. The Kier molecular flexibility index (Phi) is 3.54. The maximum atomic E-state index is 4.23. The number of nitrogens with zero attached hydrogens (tertiary/aromatic N) is 1. The predicted octanol–water partition coefficient (Wildman–Crippen LogP) is 2.73. The highest BCUT2D eigenvalue weighted by Crippen LogP contribution is 2.33. The van der Waals surface area contributed by atoms with Crippen LogP contribution in [0.25, 0.3) is 0 Å². The van der Waals surface area contributed by atoms with Gasteiger partial charge in [-0.3, -0.25) is 0 Å². The van der Waals surface area contributed by atoms with E-state index in [4.69, 9.17) is 0 Å². The second kappa shape index (κ2) is 4.89. The molecule has 0 spiro atoms. The van der Waals surface area contributed by atoms with E-state index in [9.17, 15) is 0 Å². The van der Waals surface area contributed by atoms with E-state index in [0.717, 1.165) is 19.0 Å². The summed E-state index contributed by atoms with van der Waals surface area (Å²) in [4.78, 5) is 5.59. The highest BCUT2D eigenvalue weighted by molar-refractivity contribution is 7.11. The Bertz CT molecular complexity index is 279. The molecule has 1 aliphatic carbocycles. The summed E-state index contributed by atoms with van der Waals surface area (Å²) in [5, 5.41) is 4.64. The van der Waals surface area contributed by atoms with Crippen LogP contribution < -0.4 is 5.32 Å². The van der Waals surface area contributed by atoms with Gasteiger partial charge in [-0.2, -0.15) is 0 Å². The summed E-state index contributed by atoms with van der Waals surface area (Å²) in [6.07, 6.45) is 7.70. The van der Waals surface area contributed by atoms with E-state index >= 15 is 0 Å². The van der Waals surface area contributed by atoms with Crippen LogP contribution in [0.2, 0.25) is 0 Å². The number of hydrogen-bond acceptors (Lipinski definition) is 3. The van der Waals surface area contributed by atoms with Crippen molar-refractivity contribution in [2.24, 2.45) is 5.92 Å². The molecular weight excluding hydrogens is 192 g/mol. The molecule has 0 aromatic carbocycles. The van der Waals surface area contributed by atoms with Crippen molar-refractivity contribution in [1.82, 2.24) is 10.3 Å². The van der Waals surface area contributed by atoms with Gasteiger partial charge in [-0.15, -0.1) is 11.3 Å². The molecule has 1 fully saturated rings. The first-order valence-electron chi connectivity index (χ1n) is 5.46. The van der Waals surface area contributed by atoms with Gasteiger partial charge >= 0.3 is 0 Å². The van der Waals surface area contributed by atoms with Crippen molar-refractivity contribution in [1.29, 1.82) is 0 Å². The molecule has 0 aliphatic heterocycles. The van der Waals surface area contributed by atoms with Crippen molar-refractivity contribution in [2.75, 3.05) is 6.54 Å². The molecule has 14 heavy (non-hydrogen) atoms. The maximum absolute atomic E-state index is 4.23. The molecule has 1 saturated carbocycles. The molecule has 1 aromatic heterocycles. The van der Waals surface area contributed by atoms with Crippen molar-refractivity contribution >= 4 is 11.3 Å². The Morgan fingerprint density at radius 1 is 1.57 bits per heavy atom. The van der Waals surface area contributed by atoms with E-state index in [1.54, 1.807) is 11.3 Å². The summed E-state index contributed by atoms with van der Waals surface area (Å²) in [5.41, 5.74) is 0. The molecule has 0 unspecified atom stereocenters. The number of hydrogen-bond donors (Lipinski definition) is 1. The number of thiazole rings is 1. The van der Waals surface area contributed by atoms with Crippen LogP contribution in [0.3, 0.4) is 0 Å². The number of aryl methyl sites for hydroxylation is 1. The molecule has 0 bridgehead atoms. The van der Waals surface area contributed by atoms with Gasteiger partial charge < -0.3 is 5.32 Å². The summed E-state index contributed by atoms with van der Waals surface area (Å²) in [7, 11) is 0. The second-order valence-electron chi connectivity index (χ2n) is 4.11. The monoisotopic (exact) mass is 210 g/mol. The highest BCUT2D eigenvalue weighted by Gasteiger charge is 2.19. The van der Waals surface area contributed by atoms with Crippen molar-refractivity contribution in [3.8, 4) is 0 Å². The molecule has 2 rings (SSSR count). The SMILES string of the molecule is Cc1ncc(CNCCCC2CC2)s1. The Labute approximate surface area is 89.8 Å². The quantitative estimate of drug-likeness (QED) is 0.730. The zero-order valence-corrected chi connectivity index (χ0v) is 9.57. The van der Waals surface area contributed by atoms with Crippen molar-refractivity contribution < 1.29 is 0 Å². The summed E-state index contributed by atoms with van der Waals surface area (Å²) in [6.45, 7) is 4.21. The maximum Gasteiger partial charge on any atom is 0.0897 e. The molecule has 1 aliphatic rings. The minimum absolute atomic E-state index is 0.996. The third-order valence-corrected chi connectivity index (χ3v) is 3.54. The Morgan fingerprint density at radius 3 is 3.07 bits per heavy atom. The average molecular weight is 210 g/mol. The van der Waals surface area contributed by atoms with Gasteiger partial charge in [-0.1, -0.05) is 12.8 Å². The van der Waals surface area contributed by atoms with Crippen LogP contribution in [0.4, 0.5) is 0 Å². The van der Waals surface area contributed by atoms with E-state index in [1.165, 1.54) is 35.6 Å². The minimum atomic E-state index is 0.996. The van der Waals surface area contributed by atoms with Crippen molar-refractivity contribution in [3.63, 3.8) is 0 Å². The van der Waals surface area contributed by atoms with Gasteiger partial charge in [-0.25, -0.2) is 4.98 Å². The largest absolute Gasteiger partial charge is 0.312 e. The summed E-state index contributed by atoms with van der Waals surface area (Å²) < 4.78 is 0. The van der Waals surface area contributed by atoms with Crippen LogP contribution in [-0.4, -0.2) is 11.5 Å². The molecule has 2 nitrogen and oxygen atoms in total. The zero-order chi connectivity index (χ0) is 9.80. The average Bonchev–Trinajstić information content (AvgIpc) is 2.89. The fourth-order valence-electron chi connectivity index (χ4n) is 1.62. The Hall–Kier alpha value is -0.410. The molecule has 3 heteroatoms. The van der Waals surface area contributed by atoms with Gasteiger partial charge in [0.15, 0.2) is 0 Å². The molecular formula is C11H18N2S. The molecule has 1 heterocycles. The van der Waals surface area contributed by atoms with E-state index in [-0.39, 0.29) is 0 Å². The minimum Gasteiger partial charge on any atom is -0.312 e. The van der Waals surface area contributed by atoms with Gasteiger partial charge in [0.1, 0.15) is 0 Å². The first-order valence-corrected chi connectivity index (χ1v) is 6.28. The van der Waals surface area contributed by atoms with Crippen LogP contribution in [-0.2, 0) is 6.54 Å². The molecule has 0 saturated heterocycles. The lowest BCUT2D eigenvalue weighted by atomic mass is 10.2. The number of aromatic nitrogens is 1. The molecule has 0 amide bonds. The van der Waals surface area contributed by atoms with E-state index in [1.807, 2.05) is 6.20 Å². The normalized spacial score (nSPS) is 16.1. The van der Waals surface area contributed by atoms with E-state index < -0.39 is 0 Å². The highest BCUT2D eigenvalue weighted by atomic mass is 32.1. The summed E-state index contributed by atoms with van der Waals surface area (Å²) >= 11 is 1.79. The fraction of sp³-hybridized carbons (Fsp3) is 0.727. The van der Waals surface area contributed by atoms with Crippen LogP contribution in [0.5, 0.6) is 0 Å². The van der Waals surface area contributed by atoms with Gasteiger partial charge in [-0.05, 0) is 32.2 Å². The van der Waals surface area contributed by atoms with Crippen molar-refractivity contribution in [2.45, 2.75) is 39.2 Å². The van der Waals surface area contributed by atoms with E-state index in [0.29, 0.717) is 0 Å². The third-order valence-electron chi connectivity index (χ3n) is 2.63. The molecule has 0 atom stereocenters. The lowest BCUT2D eigenvalue weighted by molar-refractivity contribution is 0.596.